The molecule has 0 rings (SSSR count). The van der Waals surface area contributed by atoms with E-state index in [9.17, 15) is 4.79 Å². The summed E-state index contributed by atoms with van der Waals surface area (Å²) in [5.41, 5.74) is 2.29. The van der Waals surface area contributed by atoms with Gasteiger partial charge in [0.05, 0.1) is 6.61 Å². The quantitative estimate of drug-likeness (QED) is 0.511. The normalized spacial score (nSPS) is 10.2. The molecule has 0 aliphatic heterocycles. The number of alkyl halides is 1. The topological polar surface area (TPSA) is 38.3 Å². The highest BCUT2D eigenvalue weighted by atomic mass is 35.5. The number of nitrogens with one attached hydrogen (secondary N) is 1. The van der Waals surface area contributed by atoms with Crippen molar-refractivity contribution in [2.75, 3.05) is 12.5 Å². The lowest BCUT2D eigenvalue weighted by atomic mass is 10.2. The molecular formula is C7H14ClNO2. The fourth-order valence-corrected chi connectivity index (χ4v) is 0.597. The van der Waals surface area contributed by atoms with E-state index in [-0.39, 0.29) is 5.91 Å². The molecule has 0 bridgehead atoms. The molecule has 0 heterocycles. The molecule has 0 spiro atoms. The van der Waals surface area contributed by atoms with Crippen LogP contribution >= 0.6 is 11.6 Å². The highest BCUT2D eigenvalue weighted by Gasteiger charge is 1.99. The van der Waals surface area contributed by atoms with E-state index in [1.165, 1.54) is 0 Å². The van der Waals surface area contributed by atoms with E-state index in [0.29, 0.717) is 24.8 Å². The Morgan fingerprint density at radius 3 is 2.73 bits per heavy atom. The molecule has 0 aromatic rings. The van der Waals surface area contributed by atoms with Crippen molar-refractivity contribution in [3.63, 3.8) is 0 Å². The second kappa shape index (κ2) is 6.43. The number of hydrogen-bond donors (Lipinski definition) is 1. The molecular weight excluding hydrogens is 166 g/mol. The summed E-state index contributed by atoms with van der Waals surface area (Å²) >= 11 is 5.32. The summed E-state index contributed by atoms with van der Waals surface area (Å²) in [5.74, 6) is 0.587. The lowest BCUT2D eigenvalue weighted by molar-refractivity contribution is -0.133. The zero-order chi connectivity index (χ0) is 8.69. The van der Waals surface area contributed by atoms with Crippen molar-refractivity contribution < 1.29 is 9.63 Å². The van der Waals surface area contributed by atoms with Crippen molar-refractivity contribution in [1.82, 2.24) is 5.48 Å². The van der Waals surface area contributed by atoms with Crippen LogP contribution in [0.15, 0.2) is 0 Å². The van der Waals surface area contributed by atoms with E-state index in [4.69, 9.17) is 16.4 Å². The largest absolute Gasteiger partial charge is 0.273 e. The van der Waals surface area contributed by atoms with Gasteiger partial charge >= 0.3 is 0 Å². The first kappa shape index (κ1) is 10.7. The van der Waals surface area contributed by atoms with Crippen LogP contribution in [-0.2, 0) is 9.63 Å². The zero-order valence-corrected chi connectivity index (χ0v) is 7.65. The summed E-state index contributed by atoms with van der Waals surface area (Å²) in [6, 6.07) is 0. The van der Waals surface area contributed by atoms with Gasteiger partial charge in [-0.05, 0) is 5.92 Å². The van der Waals surface area contributed by atoms with E-state index >= 15 is 0 Å². The minimum absolute atomic E-state index is 0.166. The van der Waals surface area contributed by atoms with Gasteiger partial charge in [-0.2, -0.15) is 0 Å². The Balaban J connectivity index is 3.17. The van der Waals surface area contributed by atoms with Crippen LogP contribution in [0, 0.1) is 5.92 Å². The summed E-state index contributed by atoms with van der Waals surface area (Å²) in [6.45, 7) is 4.55. The lowest BCUT2D eigenvalue weighted by Crippen LogP contribution is -2.25. The number of halogens is 1. The minimum Gasteiger partial charge on any atom is -0.273 e. The molecule has 0 fully saturated rings. The smallest absolute Gasteiger partial charge is 0.244 e. The molecule has 0 unspecified atom stereocenters. The van der Waals surface area contributed by atoms with Crippen LogP contribution in [0.5, 0.6) is 0 Å². The molecule has 66 valence electrons. The average Bonchev–Trinajstić information content (AvgIpc) is 1.87. The van der Waals surface area contributed by atoms with Gasteiger partial charge in [-0.15, -0.1) is 11.6 Å². The molecule has 0 aliphatic rings. The van der Waals surface area contributed by atoms with Gasteiger partial charge in [0.1, 0.15) is 0 Å². The second-order valence-corrected chi connectivity index (χ2v) is 3.05. The van der Waals surface area contributed by atoms with Crippen LogP contribution in [0.1, 0.15) is 20.3 Å². The van der Waals surface area contributed by atoms with Crippen LogP contribution in [0.25, 0.3) is 0 Å². The van der Waals surface area contributed by atoms with Crippen LogP contribution in [0.3, 0.4) is 0 Å². The standard InChI is InChI=1S/C7H14ClNO2/c1-6(2)5-11-9-7(10)3-4-8/h6H,3-5H2,1-2H3,(H,9,10). The van der Waals surface area contributed by atoms with E-state index in [2.05, 4.69) is 5.48 Å². The molecule has 4 heteroatoms. The van der Waals surface area contributed by atoms with Crippen LogP contribution in [0.4, 0.5) is 0 Å². The van der Waals surface area contributed by atoms with Crippen molar-refractivity contribution in [2.45, 2.75) is 20.3 Å². The third-order valence-electron chi connectivity index (χ3n) is 0.924. The predicted molar refractivity (Wildman–Crippen MR) is 44.3 cm³/mol. The molecule has 1 amide bonds. The molecule has 0 radical (unpaired) electrons. The van der Waals surface area contributed by atoms with Crippen molar-refractivity contribution in [3.05, 3.63) is 0 Å². The molecule has 0 saturated carbocycles. The molecule has 0 aliphatic carbocycles. The summed E-state index contributed by atoms with van der Waals surface area (Å²) < 4.78 is 0. The maximum atomic E-state index is 10.7. The van der Waals surface area contributed by atoms with Crippen LogP contribution < -0.4 is 5.48 Å². The van der Waals surface area contributed by atoms with Gasteiger partial charge < -0.3 is 0 Å². The van der Waals surface area contributed by atoms with Crippen molar-refractivity contribution >= 4 is 17.5 Å². The monoisotopic (exact) mass is 179 g/mol. The molecule has 1 N–H and O–H groups in total. The predicted octanol–water partition coefficient (Wildman–Crippen LogP) is 1.32. The van der Waals surface area contributed by atoms with Crippen molar-refractivity contribution in [2.24, 2.45) is 5.92 Å². The van der Waals surface area contributed by atoms with Crippen LogP contribution in [-0.4, -0.2) is 18.4 Å². The third kappa shape index (κ3) is 7.62. The SMILES string of the molecule is CC(C)CONC(=O)CCCl. The van der Waals surface area contributed by atoms with Gasteiger partial charge in [0.25, 0.3) is 0 Å². The highest BCUT2D eigenvalue weighted by molar-refractivity contribution is 6.18. The number of carbonyl (C=O) groups is 1. The maximum absolute atomic E-state index is 10.7. The average molecular weight is 180 g/mol. The Kier molecular flexibility index (Phi) is 6.27. The van der Waals surface area contributed by atoms with Crippen molar-refractivity contribution in [3.8, 4) is 0 Å². The van der Waals surface area contributed by atoms with Gasteiger partial charge in [0.2, 0.25) is 5.91 Å². The van der Waals surface area contributed by atoms with Gasteiger partial charge in [-0.3, -0.25) is 9.63 Å². The summed E-state index contributed by atoms with van der Waals surface area (Å²) in [6.07, 6.45) is 0.305. The van der Waals surface area contributed by atoms with Crippen molar-refractivity contribution in [1.29, 1.82) is 0 Å². The lowest BCUT2D eigenvalue weighted by Gasteiger charge is -2.06. The summed E-state index contributed by atoms with van der Waals surface area (Å²) in [7, 11) is 0. The fraction of sp³-hybridized carbons (Fsp3) is 0.857. The van der Waals surface area contributed by atoms with Gasteiger partial charge in [0.15, 0.2) is 0 Å². The highest BCUT2D eigenvalue weighted by Crippen LogP contribution is 1.90. The van der Waals surface area contributed by atoms with E-state index in [1.54, 1.807) is 0 Å². The maximum Gasteiger partial charge on any atom is 0.244 e. The minimum atomic E-state index is -0.166. The van der Waals surface area contributed by atoms with E-state index in [1.807, 2.05) is 13.8 Å². The first-order chi connectivity index (χ1) is 5.16. The first-order valence-electron chi connectivity index (χ1n) is 3.63. The Hall–Kier alpha value is -0.280. The van der Waals surface area contributed by atoms with Gasteiger partial charge in [-0.25, -0.2) is 5.48 Å². The molecule has 11 heavy (non-hydrogen) atoms. The van der Waals surface area contributed by atoms with Crippen LogP contribution in [0.2, 0.25) is 0 Å². The van der Waals surface area contributed by atoms with E-state index < -0.39 is 0 Å². The Morgan fingerprint density at radius 2 is 2.27 bits per heavy atom. The number of hydroxylamine groups is 1. The van der Waals surface area contributed by atoms with Gasteiger partial charge in [-0.1, -0.05) is 13.8 Å². The Labute approximate surface area is 72.0 Å². The molecule has 0 aromatic heterocycles. The number of rotatable bonds is 5. The summed E-state index contributed by atoms with van der Waals surface area (Å²) in [4.78, 5) is 15.6. The first-order valence-corrected chi connectivity index (χ1v) is 4.17. The molecule has 3 nitrogen and oxygen atoms in total. The Morgan fingerprint density at radius 1 is 1.64 bits per heavy atom. The number of hydrogen-bond acceptors (Lipinski definition) is 2. The fourth-order valence-electron chi connectivity index (χ4n) is 0.426. The third-order valence-corrected chi connectivity index (χ3v) is 1.11. The molecule has 0 saturated heterocycles. The zero-order valence-electron chi connectivity index (χ0n) is 6.89. The number of carbonyl (C=O) groups excluding carboxylic acids is 1. The number of amides is 1. The molecule has 0 aromatic carbocycles. The van der Waals surface area contributed by atoms with Gasteiger partial charge in [0, 0.05) is 12.3 Å². The Bertz CT molecular complexity index is 117. The van der Waals surface area contributed by atoms with E-state index in [0.717, 1.165) is 0 Å². The summed E-state index contributed by atoms with van der Waals surface area (Å²) in [5, 5.41) is 0. The second-order valence-electron chi connectivity index (χ2n) is 2.67. The molecule has 0 atom stereocenters.